The molecule has 2 aliphatic rings. The Morgan fingerprint density at radius 1 is 1.24 bits per heavy atom. The van der Waals surface area contributed by atoms with Crippen molar-refractivity contribution in [3.63, 3.8) is 0 Å². The maximum atomic E-state index is 11.3. The van der Waals surface area contributed by atoms with E-state index in [1.54, 1.807) is 0 Å². The molecule has 0 aliphatic carbocycles. The summed E-state index contributed by atoms with van der Waals surface area (Å²) < 4.78 is 6.07. The van der Waals surface area contributed by atoms with Crippen LogP contribution in [0.2, 0.25) is 0 Å². The van der Waals surface area contributed by atoms with Crippen molar-refractivity contribution in [3.05, 3.63) is 71.4 Å². The fraction of sp³-hybridized carbons (Fsp3) is 0.346. The van der Waals surface area contributed by atoms with Crippen LogP contribution in [0, 0.1) is 12.8 Å². The second-order valence-corrected chi connectivity index (χ2v) is 8.87. The minimum Gasteiger partial charge on any atom is -0.489 e. The number of rotatable bonds is 6. The van der Waals surface area contributed by atoms with E-state index in [1.165, 1.54) is 0 Å². The van der Waals surface area contributed by atoms with Gasteiger partial charge in [-0.05, 0) is 55.4 Å². The topological polar surface area (TPSA) is 93.0 Å². The van der Waals surface area contributed by atoms with Crippen LogP contribution in [-0.4, -0.2) is 40.5 Å². The Morgan fingerprint density at radius 3 is 2.88 bits per heavy atom. The average Bonchev–Trinajstić information content (AvgIpc) is 3.24. The first-order valence-electron chi connectivity index (χ1n) is 11.3. The predicted octanol–water partition coefficient (Wildman–Crippen LogP) is 4.07. The third-order valence-electron chi connectivity index (χ3n) is 6.60. The summed E-state index contributed by atoms with van der Waals surface area (Å²) in [5.41, 5.74) is 4.34. The first kappa shape index (κ1) is 21.4. The number of aryl methyl sites for hydroxylation is 1. The first-order chi connectivity index (χ1) is 16.0. The van der Waals surface area contributed by atoms with E-state index in [-0.39, 0.29) is 12.3 Å². The molecule has 0 saturated carbocycles. The SMILES string of the molecule is Cc1cc(COc2ccc(C3=NOC4(CCNCC4CC(=O)O)C3)cc2)c2ccccc2n1. The van der Waals surface area contributed by atoms with Crippen LogP contribution >= 0.6 is 0 Å². The molecule has 7 heteroatoms. The van der Waals surface area contributed by atoms with Crippen LogP contribution in [0.25, 0.3) is 10.9 Å². The minimum absolute atomic E-state index is 0.0751. The Bertz CT molecular complexity index is 1210. The maximum absolute atomic E-state index is 11.3. The highest BCUT2D eigenvalue weighted by Crippen LogP contribution is 2.40. The molecule has 0 amide bonds. The molecule has 2 atom stereocenters. The quantitative estimate of drug-likeness (QED) is 0.594. The molecule has 7 nitrogen and oxygen atoms in total. The van der Waals surface area contributed by atoms with Gasteiger partial charge >= 0.3 is 5.97 Å². The first-order valence-corrected chi connectivity index (χ1v) is 11.3. The number of carbonyl (C=O) groups is 1. The highest BCUT2D eigenvalue weighted by Gasteiger charge is 2.48. The molecule has 2 aromatic carbocycles. The molecule has 1 aromatic heterocycles. The standard InChI is InChI=1S/C26H27N3O4/c1-17-12-19(22-4-2-3-5-23(22)28-17)16-32-21-8-6-18(7-9-21)24-14-26(33-29-24)10-11-27-15-20(26)13-25(30)31/h2-9,12,20,27H,10-11,13-16H2,1H3,(H,30,31). The van der Waals surface area contributed by atoms with Crippen molar-refractivity contribution in [1.82, 2.24) is 10.3 Å². The molecule has 0 radical (unpaired) electrons. The summed E-state index contributed by atoms with van der Waals surface area (Å²) in [6.07, 6.45) is 1.44. The highest BCUT2D eigenvalue weighted by molar-refractivity contribution is 6.01. The van der Waals surface area contributed by atoms with Gasteiger partial charge in [-0.15, -0.1) is 0 Å². The normalized spacial score (nSPS) is 22.2. The van der Waals surface area contributed by atoms with Gasteiger partial charge in [-0.1, -0.05) is 23.4 Å². The third kappa shape index (κ3) is 4.41. The summed E-state index contributed by atoms with van der Waals surface area (Å²) in [6.45, 7) is 3.88. The molecule has 2 N–H and O–H groups in total. The smallest absolute Gasteiger partial charge is 0.303 e. The second-order valence-electron chi connectivity index (χ2n) is 8.87. The van der Waals surface area contributed by atoms with Gasteiger partial charge in [0.15, 0.2) is 0 Å². The molecule has 5 rings (SSSR count). The van der Waals surface area contributed by atoms with E-state index in [2.05, 4.69) is 27.6 Å². The molecule has 1 fully saturated rings. The van der Waals surface area contributed by atoms with Crippen molar-refractivity contribution in [1.29, 1.82) is 0 Å². The summed E-state index contributed by atoms with van der Waals surface area (Å²) in [6, 6.07) is 18.0. The zero-order valence-corrected chi connectivity index (χ0v) is 18.6. The molecule has 2 aliphatic heterocycles. The molecular formula is C26H27N3O4. The number of piperidine rings is 1. The van der Waals surface area contributed by atoms with Crippen molar-refractivity contribution in [2.45, 2.75) is 38.4 Å². The number of fused-ring (bicyclic) bond motifs is 1. The number of benzene rings is 2. The van der Waals surface area contributed by atoms with Gasteiger partial charge in [-0.2, -0.15) is 0 Å². The van der Waals surface area contributed by atoms with Crippen molar-refractivity contribution >= 4 is 22.6 Å². The Labute approximate surface area is 192 Å². The van der Waals surface area contributed by atoms with Crippen LogP contribution in [0.5, 0.6) is 5.75 Å². The van der Waals surface area contributed by atoms with E-state index < -0.39 is 11.6 Å². The number of hydrogen-bond acceptors (Lipinski definition) is 6. The predicted molar refractivity (Wildman–Crippen MR) is 125 cm³/mol. The number of aliphatic carboxylic acids is 1. The summed E-state index contributed by atoms with van der Waals surface area (Å²) in [5.74, 6) is -0.137. The molecule has 170 valence electrons. The summed E-state index contributed by atoms with van der Waals surface area (Å²) >= 11 is 0. The molecule has 2 unspecified atom stereocenters. The van der Waals surface area contributed by atoms with Crippen LogP contribution in [-0.2, 0) is 16.2 Å². The number of aromatic nitrogens is 1. The molecule has 0 bridgehead atoms. The lowest BCUT2D eigenvalue weighted by Crippen LogP contribution is -2.51. The summed E-state index contributed by atoms with van der Waals surface area (Å²) in [5, 5.41) is 18.0. The van der Waals surface area contributed by atoms with E-state index in [9.17, 15) is 9.90 Å². The van der Waals surface area contributed by atoms with E-state index in [4.69, 9.17) is 9.57 Å². The van der Waals surface area contributed by atoms with Gasteiger partial charge in [0.05, 0.1) is 17.6 Å². The number of para-hydroxylation sites is 1. The van der Waals surface area contributed by atoms with Gasteiger partial charge < -0.3 is 20.0 Å². The van der Waals surface area contributed by atoms with E-state index >= 15 is 0 Å². The maximum Gasteiger partial charge on any atom is 0.303 e. The van der Waals surface area contributed by atoms with Gasteiger partial charge in [0.1, 0.15) is 18.0 Å². The number of carboxylic acid groups (broad SMARTS) is 1. The zero-order chi connectivity index (χ0) is 22.8. The minimum atomic E-state index is -0.807. The molecular weight excluding hydrogens is 418 g/mol. The molecule has 1 saturated heterocycles. The molecule has 3 aromatic rings. The number of oxime groups is 1. The third-order valence-corrected chi connectivity index (χ3v) is 6.60. The molecule has 3 heterocycles. The van der Waals surface area contributed by atoms with Gasteiger partial charge in [-0.25, -0.2) is 0 Å². The number of pyridine rings is 1. The number of hydrogen-bond donors (Lipinski definition) is 2. The van der Waals surface area contributed by atoms with Crippen LogP contribution in [0.15, 0.2) is 59.8 Å². The lowest BCUT2D eigenvalue weighted by Gasteiger charge is -2.38. The Morgan fingerprint density at radius 2 is 2.06 bits per heavy atom. The van der Waals surface area contributed by atoms with Crippen molar-refractivity contribution in [2.24, 2.45) is 11.1 Å². The van der Waals surface area contributed by atoms with E-state index in [1.807, 2.05) is 49.4 Å². The van der Waals surface area contributed by atoms with Crippen molar-refractivity contribution in [2.75, 3.05) is 13.1 Å². The number of carboxylic acids is 1. The monoisotopic (exact) mass is 445 g/mol. The van der Waals surface area contributed by atoms with E-state index in [0.29, 0.717) is 19.6 Å². The number of nitrogens with zero attached hydrogens (tertiary/aromatic N) is 2. The molecule has 1 spiro atoms. The second kappa shape index (κ2) is 8.83. The van der Waals surface area contributed by atoms with Gasteiger partial charge in [0, 0.05) is 41.9 Å². The van der Waals surface area contributed by atoms with Gasteiger partial charge in [-0.3, -0.25) is 9.78 Å². The Kier molecular flexibility index (Phi) is 5.72. The lowest BCUT2D eigenvalue weighted by atomic mass is 9.76. The van der Waals surface area contributed by atoms with Gasteiger partial charge in [0.25, 0.3) is 0 Å². The highest BCUT2D eigenvalue weighted by atomic mass is 16.7. The number of ether oxygens (including phenoxy) is 1. The Balaban J connectivity index is 1.27. The van der Waals surface area contributed by atoms with Crippen molar-refractivity contribution in [3.8, 4) is 5.75 Å². The molecule has 33 heavy (non-hydrogen) atoms. The van der Waals surface area contributed by atoms with Crippen LogP contribution < -0.4 is 10.1 Å². The fourth-order valence-corrected chi connectivity index (χ4v) is 4.86. The largest absolute Gasteiger partial charge is 0.489 e. The summed E-state index contributed by atoms with van der Waals surface area (Å²) in [4.78, 5) is 21.8. The number of nitrogens with one attached hydrogen (secondary N) is 1. The van der Waals surface area contributed by atoms with Crippen molar-refractivity contribution < 1.29 is 19.5 Å². The van der Waals surface area contributed by atoms with E-state index in [0.717, 1.165) is 52.2 Å². The average molecular weight is 446 g/mol. The van der Waals surface area contributed by atoms with Gasteiger partial charge in [0.2, 0.25) is 0 Å². The summed E-state index contributed by atoms with van der Waals surface area (Å²) in [7, 11) is 0. The van der Waals surface area contributed by atoms with Crippen LogP contribution in [0.4, 0.5) is 0 Å². The zero-order valence-electron chi connectivity index (χ0n) is 18.6. The van der Waals surface area contributed by atoms with Crippen LogP contribution in [0.1, 0.15) is 36.1 Å². The fourth-order valence-electron chi connectivity index (χ4n) is 4.86. The van der Waals surface area contributed by atoms with Crippen LogP contribution in [0.3, 0.4) is 0 Å². The Hall–Kier alpha value is -3.45. The lowest BCUT2D eigenvalue weighted by molar-refractivity contribution is -0.144.